The minimum atomic E-state index is 0.237. The Kier molecular flexibility index (Phi) is 7.90. The van der Waals surface area contributed by atoms with Crippen molar-refractivity contribution in [1.82, 2.24) is 10.2 Å². The maximum absolute atomic E-state index is 6.30. The molecule has 2 atom stereocenters. The molecule has 0 aliphatic rings. The van der Waals surface area contributed by atoms with Crippen LogP contribution in [0, 0.1) is 5.92 Å². The van der Waals surface area contributed by atoms with Gasteiger partial charge in [-0.15, -0.1) is 0 Å². The summed E-state index contributed by atoms with van der Waals surface area (Å²) in [7, 11) is 4.15. The van der Waals surface area contributed by atoms with E-state index in [9.17, 15) is 0 Å². The molecule has 0 heterocycles. The van der Waals surface area contributed by atoms with Gasteiger partial charge in [0.2, 0.25) is 0 Å². The van der Waals surface area contributed by atoms with Crippen LogP contribution in [0.4, 0.5) is 0 Å². The van der Waals surface area contributed by atoms with Crippen molar-refractivity contribution in [2.24, 2.45) is 5.92 Å². The summed E-state index contributed by atoms with van der Waals surface area (Å²) in [6.45, 7) is 6.70. The lowest BCUT2D eigenvalue weighted by atomic mass is 10.0. The van der Waals surface area contributed by atoms with Crippen LogP contribution in [0.3, 0.4) is 0 Å². The van der Waals surface area contributed by atoms with Crippen molar-refractivity contribution < 1.29 is 0 Å². The summed E-state index contributed by atoms with van der Waals surface area (Å²) in [5.74, 6) is 0.739. The third-order valence-corrected chi connectivity index (χ3v) is 4.66. The second-order valence-electron chi connectivity index (χ2n) is 5.55. The van der Waals surface area contributed by atoms with Crippen molar-refractivity contribution in [3.8, 4) is 0 Å². The van der Waals surface area contributed by atoms with Crippen molar-refractivity contribution in [3.05, 3.63) is 33.8 Å². The van der Waals surface area contributed by atoms with Gasteiger partial charge in [0, 0.05) is 12.6 Å². The molecule has 0 aromatic heterocycles. The molecule has 1 N–H and O–H groups in total. The fourth-order valence-corrected chi connectivity index (χ4v) is 2.79. The van der Waals surface area contributed by atoms with Gasteiger partial charge in [0.1, 0.15) is 0 Å². The first-order chi connectivity index (χ1) is 9.49. The number of hydrogen-bond acceptors (Lipinski definition) is 2. The van der Waals surface area contributed by atoms with Gasteiger partial charge in [0.05, 0.1) is 10.0 Å². The summed E-state index contributed by atoms with van der Waals surface area (Å²) in [4.78, 5) is 2.39. The standard InChI is InChI=1S/C16H26Cl2N2/c1-5-12(2)11-20(4)10-9-15(19-3)13-7-6-8-14(17)16(13)18/h6-8,12,15,19H,5,9-11H2,1-4H3. The minimum absolute atomic E-state index is 0.237. The van der Waals surface area contributed by atoms with E-state index in [4.69, 9.17) is 23.2 Å². The second-order valence-corrected chi connectivity index (χ2v) is 6.33. The number of benzene rings is 1. The van der Waals surface area contributed by atoms with Gasteiger partial charge < -0.3 is 10.2 Å². The van der Waals surface area contributed by atoms with Crippen LogP contribution < -0.4 is 5.32 Å². The molecule has 1 rings (SSSR count). The summed E-state index contributed by atoms with van der Waals surface area (Å²) >= 11 is 12.4. The number of nitrogens with zero attached hydrogens (tertiary/aromatic N) is 1. The molecule has 1 aromatic rings. The summed E-state index contributed by atoms with van der Waals surface area (Å²) in [6.07, 6.45) is 2.24. The largest absolute Gasteiger partial charge is 0.313 e. The van der Waals surface area contributed by atoms with Gasteiger partial charge in [0.15, 0.2) is 0 Å². The fraction of sp³-hybridized carbons (Fsp3) is 0.625. The van der Waals surface area contributed by atoms with Crippen LogP contribution in [0.1, 0.15) is 38.3 Å². The van der Waals surface area contributed by atoms with E-state index < -0.39 is 0 Å². The van der Waals surface area contributed by atoms with Crippen molar-refractivity contribution >= 4 is 23.2 Å². The normalized spacial score (nSPS) is 14.6. The lowest BCUT2D eigenvalue weighted by Crippen LogP contribution is -2.28. The Morgan fingerprint density at radius 1 is 1.30 bits per heavy atom. The highest BCUT2D eigenvalue weighted by atomic mass is 35.5. The van der Waals surface area contributed by atoms with Crippen LogP contribution in [0.2, 0.25) is 10.0 Å². The molecule has 0 spiro atoms. The lowest BCUT2D eigenvalue weighted by molar-refractivity contribution is 0.268. The molecule has 0 saturated heterocycles. The molecule has 0 aliphatic carbocycles. The van der Waals surface area contributed by atoms with E-state index >= 15 is 0 Å². The molecule has 0 radical (unpaired) electrons. The zero-order valence-corrected chi connectivity index (χ0v) is 14.4. The average Bonchev–Trinajstić information content (AvgIpc) is 2.43. The molecule has 0 fully saturated rings. The topological polar surface area (TPSA) is 15.3 Å². The molecule has 0 aliphatic heterocycles. The third-order valence-electron chi connectivity index (χ3n) is 3.83. The molecular formula is C16H26Cl2N2. The third kappa shape index (κ3) is 5.25. The number of halogens is 2. The van der Waals surface area contributed by atoms with E-state index in [0.717, 1.165) is 31.0 Å². The monoisotopic (exact) mass is 316 g/mol. The summed E-state index contributed by atoms with van der Waals surface area (Å²) in [6, 6.07) is 6.07. The van der Waals surface area contributed by atoms with Crippen molar-refractivity contribution in [2.75, 3.05) is 27.2 Å². The van der Waals surface area contributed by atoms with Gasteiger partial charge in [-0.25, -0.2) is 0 Å². The Bertz CT molecular complexity index is 409. The highest BCUT2D eigenvalue weighted by molar-refractivity contribution is 6.42. The maximum Gasteiger partial charge on any atom is 0.0640 e. The Morgan fingerprint density at radius 2 is 2.00 bits per heavy atom. The maximum atomic E-state index is 6.30. The Balaban J connectivity index is 2.61. The summed E-state index contributed by atoms with van der Waals surface area (Å²) < 4.78 is 0. The zero-order valence-electron chi connectivity index (χ0n) is 12.9. The molecule has 0 amide bonds. The Hall–Kier alpha value is -0.280. The lowest BCUT2D eigenvalue weighted by Gasteiger charge is -2.24. The smallest absolute Gasteiger partial charge is 0.0640 e. The minimum Gasteiger partial charge on any atom is -0.313 e. The summed E-state index contributed by atoms with van der Waals surface area (Å²) in [5, 5.41) is 4.63. The number of hydrogen-bond donors (Lipinski definition) is 1. The van der Waals surface area contributed by atoms with Crippen LogP contribution in [0.5, 0.6) is 0 Å². The Labute approximate surface area is 133 Å². The summed E-state index contributed by atoms with van der Waals surface area (Å²) in [5.41, 5.74) is 1.08. The highest BCUT2D eigenvalue weighted by Gasteiger charge is 2.15. The van der Waals surface area contributed by atoms with Gasteiger partial charge in [-0.2, -0.15) is 0 Å². The van der Waals surface area contributed by atoms with E-state index in [1.807, 2.05) is 25.2 Å². The van der Waals surface area contributed by atoms with Crippen LogP contribution in [0.25, 0.3) is 0 Å². The van der Waals surface area contributed by atoms with E-state index in [1.54, 1.807) is 0 Å². The molecule has 0 bridgehead atoms. The van der Waals surface area contributed by atoms with Crippen molar-refractivity contribution in [1.29, 1.82) is 0 Å². The molecule has 2 nitrogen and oxygen atoms in total. The van der Waals surface area contributed by atoms with E-state index in [0.29, 0.717) is 10.0 Å². The average molecular weight is 317 g/mol. The predicted molar refractivity (Wildman–Crippen MR) is 89.8 cm³/mol. The van der Waals surface area contributed by atoms with E-state index in [1.165, 1.54) is 6.42 Å². The van der Waals surface area contributed by atoms with Gasteiger partial charge in [-0.3, -0.25) is 0 Å². The molecule has 4 heteroatoms. The fourth-order valence-electron chi connectivity index (χ4n) is 2.35. The number of rotatable bonds is 8. The first kappa shape index (κ1) is 17.8. The first-order valence-corrected chi connectivity index (χ1v) is 8.04. The van der Waals surface area contributed by atoms with E-state index in [-0.39, 0.29) is 6.04 Å². The molecular weight excluding hydrogens is 291 g/mol. The van der Waals surface area contributed by atoms with Crippen molar-refractivity contribution in [3.63, 3.8) is 0 Å². The van der Waals surface area contributed by atoms with Crippen LogP contribution in [-0.4, -0.2) is 32.1 Å². The van der Waals surface area contributed by atoms with E-state index in [2.05, 4.69) is 31.1 Å². The number of nitrogens with one attached hydrogen (secondary N) is 1. The molecule has 0 saturated carbocycles. The van der Waals surface area contributed by atoms with Gasteiger partial charge >= 0.3 is 0 Å². The molecule has 2 unspecified atom stereocenters. The van der Waals surface area contributed by atoms with Gasteiger partial charge in [0.25, 0.3) is 0 Å². The zero-order chi connectivity index (χ0) is 15.1. The SMILES string of the molecule is CCC(C)CN(C)CCC(NC)c1cccc(Cl)c1Cl. The van der Waals surface area contributed by atoms with Crippen LogP contribution in [-0.2, 0) is 0 Å². The molecule has 20 heavy (non-hydrogen) atoms. The van der Waals surface area contributed by atoms with Crippen LogP contribution in [0.15, 0.2) is 18.2 Å². The predicted octanol–water partition coefficient (Wildman–Crippen LogP) is 4.62. The molecule has 114 valence electrons. The quantitative estimate of drug-likeness (QED) is 0.752. The highest BCUT2D eigenvalue weighted by Crippen LogP contribution is 2.31. The Morgan fingerprint density at radius 3 is 2.60 bits per heavy atom. The van der Waals surface area contributed by atoms with Crippen molar-refractivity contribution in [2.45, 2.75) is 32.7 Å². The second kappa shape index (κ2) is 8.89. The van der Waals surface area contributed by atoms with Gasteiger partial charge in [-0.05, 0) is 44.6 Å². The molecule has 1 aromatic carbocycles. The first-order valence-electron chi connectivity index (χ1n) is 7.29. The van der Waals surface area contributed by atoms with Crippen LogP contribution >= 0.6 is 23.2 Å². The van der Waals surface area contributed by atoms with Gasteiger partial charge in [-0.1, -0.05) is 55.6 Å².